The average molecular weight is 327 g/mol. The van der Waals surface area contributed by atoms with Gasteiger partial charge in [0.2, 0.25) is 0 Å². The summed E-state index contributed by atoms with van der Waals surface area (Å²) in [6.07, 6.45) is 6.88. The predicted octanol–water partition coefficient (Wildman–Crippen LogP) is 2.67. The molecule has 6 nitrogen and oxygen atoms in total. The molecule has 3 rings (SSSR count). The van der Waals surface area contributed by atoms with Crippen LogP contribution in [0.5, 0.6) is 0 Å². The van der Waals surface area contributed by atoms with Crippen LogP contribution >= 0.6 is 0 Å². The van der Waals surface area contributed by atoms with Crippen LogP contribution in [0.4, 0.5) is 0 Å². The van der Waals surface area contributed by atoms with Crippen molar-refractivity contribution < 1.29 is 14.7 Å². The Hall–Kier alpha value is -2.63. The number of nitrogens with zero attached hydrogens (tertiary/aromatic N) is 2. The summed E-state index contributed by atoms with van der Waals surface area (Å²) >= 11 is 0. The monoisotopic (exact) mass is 327 g/mol. The molecule has 1 aliphatic rings. The number of aromatic carboxylic acids is 1. The summed E-state index contributed by atoms with van der Waals surface area (Å²) in [5.74, 6) is -1.04. The number of rotatable bonds is 6. The Morgan fingerprint density at radius 3 is 2.54 bits per heavy atom. The van der Waals surface area contributed by atoms with E-state index in [1.807, 2.05) is 4.68 Å². The molecule has 1 aliphatic carbocycles. The zero-order valence-corrected chi connectivity index (χ0v) is 13.4. The highest BCUT2D eigenvalue weighted by molar-refractivity contribution is 5.92. The van der Waals surface area contributed by atoms with Crippen molar-refractivity contribution in [2.75, 3.05) is 6.54 Å². The molecule has 0 radical (unpaired) electrons. The molecule has 0 atom stereocenters. The van der Waals surface area contributed by atoms with Gasteiger partial charge in [0, 0.05) is 12.7 Å². The zero-order valence-electron chi connectivity index (χ0n) is 13.4. The predicted molar refractivity (Wildman–Crippen MR) is 89.2 cm³/mol. The standard InChI is InChI=1S/C18H21N3O3/c22-17(16-10-12-20-21(16)15-3-1-2-4-15)19-11-9-13-5-7-14(8-6-13)18(23)24/h5-8,10,12,15H,1-4,9,11H2,(H,19,22)(H,23,24). The van der Waals surface area contributed by atoms with E-state index in [2.05, 4.69) is 10.4 Å². The van der Waals surface area contributed by atoms with E-state index in [-0.39, 0.29) is 11.5 Å². The van der Waals surface area contributed by atoms with Crippen LogP contribution in [0.25, 0.3) is 0 Å². The summed E-state index contributed by atoms with van der Waals surface area (Å²) in [4.78, 5) is 23.2. The van der Waals surface area contributed by atoms with Gasteiger partial charge in [-0.05, 0) is 43.0 Å². The van der Waals surface area contributed by atoms with Crippen LogP contribution in [-0.4, -0.2) is 33.3 Å². The first-order valence-electron chi connectivity index (χ1n) is 8.29. The van der Waals surface area contributed by atoms with Gasteiger partial charge in [0.1, 0.15) is 5.69 Å². The summed E-state index contributed by atoms with van der Waals surface area (Å²) in [6.45, 7) is 0.501. The van der Waals surface area contributed by atoms with Crippen molar-refractivity contribution in [1.29, 1.82) is 0 Å². The van der Waals surface area contributed by atoms with Crippen LogP contribution in [-0.2, 0) is 6.42 Å². The molecular weight excluding hydrogens is 306 g/mol. The van der Waals surface area contributed by atoms with E-state index >= 15 is 0 Å². The fourth-order valence-corrected chi connectivity index (χ4v) is 3.16. The second-order valence-corrected chi connectivity index (χ2v) is 6.11. The Bertz CT molecular complexity index is 715. The summed E-state index contributed by atoms with van der Waals surface area (Å²) in [6, 6.07) is 8.80. The van der Waals surface area contributed by atoms with Crippen LogP contribution in [0.1, 0.15) is 58.1 Å². The lowest BCUT2D eigenvalue weighted by atomic mass is 10.1. The smallest absolute Gasteiger partial charge is 0.335 e. The topological polar surface area (TPSA) is 84.2 Å². The third-order valence-electron chi connectivity index (χ3n) is 4.47. The molecule has 24 heavy (non-hydrogen) atoms. The van der Waals surface area contributed by atoms with Gasteiger partial charge >= 0.3 is 5.97 Å². The Kier molecular flexibility index (Phi) is 4.93. The number of aromatic nitrogens is 2. The van der Waals surface area contributed by atoms with Crippen LogP contribution in [0.2, 0.25) is 0 Å². The van der Waals surface area contributed by atoms with Gasteiger partial charge < -0.3 is 10.4 Å². The first kappa shape index (κ1) is 16.2. The van der Waals surface area contributed by atoms with Crippen LogP contribution in [0.3, 0.4) is 0 Å². The lowest BCUT2D eigenvalue weighted by Crippen LogP contribution is -2.29. The third kappa shape index (κ3) is 3.64. The molecule has 0 unspecified atom stereocenters. The summed E-state index contributed by atoms with van der Waals surface area (Å²) < 4.78 is 1.85. The second-order valence-electron chi connectivity index (χ2n) is 6.11. The third-order valence-corrected chi connectivity index (χ3v) is 4.47. The minimum Gasteiger partial charge on any atom is -0.478 e. The second kappa shape index (κ2) is 7.29. The number of hydrogen-bond donors (Lipinski definition) is 2. The summed E-state index contributed by atoms with van der Waals surface area (Å²) in [5.41, 5.74) is 1.87. The summed E-state index contributed by atoms with van der Waals surface area (Å²) in [5, 5.41) is 16.1. The molecule has 0 saturated heterocycles. The van der Waals surface area contributed by atoms with E-state index in [1.165, 1.54) is 12.8 Å². The summed E-state index contributed by atoms with van der Waals surface area (Å²) in [7, 11) is 0. The van der Waals surface area contributed by atoms with E-state index in [0.29, 0.717) is 24.7 Å². The molecule has 1 fully saturated rings. The molecule has 1 heterocycles. The van der Waals surface area contributed by atoms with Crippen LogP contribution < -0.4 is 5.32 Å². The molecule has 6 heteroatoms. The first-order valence-corrected chi connectivity index (χ1v) is 8.29. The van der Waals surface area contributed by atoms with Crippen molar-refractivity contribution >= 4 is 11.9 Å². The largest absolute Gasteiger partial charge is 0.478 e. The Morgan fingerprint density at radius 2 is 1.88 bits per heavy atom. The molecule has 0 spiro atoms. The fraction of sp³-hybridized carbons (Fsp3) is 0.389. The van der Waals surface area contributed by atoms with Gasteiger partial charge in [0.25, 0.3) is 5.91 Å². The number of carboxylic acid groups (broad SMARTS) is 1. The number of amides is 1. The molecule has 1 aromatic carbocycles. The number of hydrogen-bond acceptors (Lipinski definition) is 3. The van der Waals surface area contributed by atoms with Crippen molar-refractivity contribution in [2.24, 2.45) is 0 Å². The van der Waals surface area contributed by atoms with Gasteiger partial charge in [0.05, 0.1) is 11.6 Å². The average Bonchev–Trinajstić information content (AvgIpc) is 3.26. The number of carboxylic acids is 1. The number of carbonyl (C=O) groups is 2. The minimum atomic E-state index is -0.935. The number of nitrogens with one attached hydrogen (secondary N) is 1. The normalized spacial score (nSPS) is 14.7. The molecule has 0 aliphatic heterocycles. The Balaban J connectivity index is 1.54. The van der Waals surface area contributed by atoms with Crippen molar-refractivity contribution in [1.82, 2.24) is 15.1 Å². The van der Waals surface area contributed by atoms with E-state index in [1.54, 1.807) is 36.5 Å². The van der Waals surface area contributed by atoms with Crippen LogP contribution in [0.15, 0.2) is 36.5 Å². The maximum atomic E-state index is 12.4. The van der Waals surface area contributed by atoms with Crippen molar-refractivity contribution in [3.63, 3.8) is 0 Å². The van der Waals surface area contributed by atoms with Crippen LogP contribution in [0, 0.1) is 0 Å². The van der Waals surface area contributed by atoms with E-state index in [9.17, 15) is 9.59 Å². The van der Waals surface area contributed by atoms with Gasteiger partial charge in [-0.1, -0.05) is 25.0 Å². The highest BCUT2D eigenvalue weighted by Gasteiger charge is 2.22. The molecule has 2 N–H and O–H groups in total. The minimum absolute atomic E-state index is 0.110. The van der Waals surface area contributed by atoms with Gasteiger partial charge in [-0.3, -0.25) is 9.48 Å². The first-order chi connectivity index (χ1) is 11.6. The maximum absolute atomic E-state index is 12.4. The maximum Gasteiger partial charge on any atom is 0.335 e. The molecule has 1 saturated carbocycles. The molecule has 1 aromatic heterocycles. The quantitative estimate of drug-likeness (QED) is 0.854. The SMILES string of the molecule is O=C(O)c1ccc(CCNC(=O)c2ccnn2C2CCCC2)cc1. The molecule has 126 valence electrons. The molecular formula is C18H21N3O3. The lowest BCUT2D eigenvalue weighted by molar-refractivity contribution is 0.0696. The zero-order chi connectivity index (χ0) is 16.9. The number of carbonyl (C=O) groups excluding carboxylic acids is 1. The van der Waals surface area contributed by atoms with E-state index in [4.69, 9.17) is 5.11 Å². The highest BCUT2D eigenvalue weighted by Crippen LogP contribution is 2.29. The Labute approximate surface area is 140 Å². The molecule has 2 aromatic rings. The van der Waals surface area contributed by atoms with Crippen molar-refractivity contribution in [2.45, 2.75) is 38.1 Å². The lowest BCUT2D eigenvalue weighted by Gasteiger charge is -2.14. The van der Waals surface area contributed by atoms with Gasteiger partial charge in [-0.2, -0.15) is 5.10 Å². The van der Waals surface area contributed by atoms with Crippen molar-refractivity contribution in [3.8, 4) is 0 Å². The van der Waals surface area contributed by atoms with Crippen molar-refractivity contribution in [3.05, 3.63) is 53.3 Å². The van der Waals surface area contributed by atoms with Gasteiger partial charge in [0.15, 0.2) is 0 Å². The van der Waals surface area contributed by atoms with E-state index in [0.717, 1.165) is 18.4 Å². The Morgan fingerprint density at radius 1 is 1.17 bits per heavy atom. The van der Waals surface area contributed by atoms with E-state index < -0.39 is 5.97 Å². The molecule has 1 amide bonds. The van der Waals surface area contributed by atoms with Gasteiger partial charge in [-0.15, -0.1) is 0 Å². The highest BCUT2D eigenvalue weighted by atomic mass is 16.4. The number of benzene rings is 1. The fourth-order valence-electron chi connectivity index (χ4n) is 3.16. The molecule has 0 bridgehead atoms. The van der Waals surface area contributed by atoms with Gasteiger partial charge in [-0.25, -0.2) is 4.79 Å².